The fourth-order valence-corrected chi connectivity index (χ4v) is 2.53. The summed E-state index contributed by atoms with van der Waals surface area (Å²) in [6, 6.07) is 7.60. The van der Waals surface area contributed by atoms with Crippen LogP contribution in [-0.4, -0.2) is 16.2 Å². The van der Waals surface area contributed by atoms with Gasteiger partial charge in [0, 0.05) is 0 Å². The van der Waals surface area contributed by atoms with Crippen molar-refractivity contribution >= 4 is 5.97 Å². The maximum atomic E-state index is 10.8. The number of carboxylic acids is 1. The van der Waals surface area contributed by atoms with Crippen molar-refractivity contribution in [2.24, 2.45) is 0 Å². The molecule has 0 spiro atoms. The lowest BCUT2D eigenvalue weighted by molar-refractivity contribution is -0.143. The summed E-state index contributed by atoms with van der Waals surface area (Å²) in [4.78, 5) is 10.8. The van der Waals surface area contributed by atoms with E-state index >= 15 is 0 Å². The maximum absolute atomic E-state index is 10.8. The van der Waals surface area contributed by atoms with Gasteiger partial charge in [-0.15, -0.1) is 0 Å². The number of carboxylic acid groups (broad SMARTS) is 1. The second-order valence-electron chi connectivity index (χ2n) is 4.63. The van der Waals surface area contributed by atoms with Gasteiger partial charge < -0.3 is 10.2 Å². The highest BCUT2D eigenvalue weighted by Crippen LogP contribution is 2.42. The van der Waals surface area contributed by atoms with Crippen LogP contribution in [0.15, 0.2) is 24.3 Å². The molecule has 0 aromatic heterocycles. The maximum Gasteiger partial charge on any atom is 0.306 e. The molecule has 1 aliphatic rings. The zero-order chi connectivity index (χ0) is 11.8. The van der Waals surface area contributed by atoms with Gasteiger partial charge in [0.25, 0.3) is 0 Å². The van der Waals surface area contributed by atoms with Crippen LogP contribution in [0.5, 0.6) is 0 Å². The minimum absolute atomic E-state index is 0.212. The predicted octanol–water partition coefficient (Wildman–Crippen LogP) is 2.25. The summed E-state index contributed by atoms with van der Waals surface area (Å²) < 4.78 is 0. The van der Waals surface area contributed by atoms with E-state index in [9.17, 15) is 9.90 Å². The summed E-state index contributed by atoms with van der Waals surface area (Å²) >= 11 is 0. The van der Waals surface area contributed by atoms with E-state index in [4.69, 9.17) is 5.11 Å². The molecule has 1 aliphatic carbocycles. The van der Waals surface area contributed by atoms with Gasteiger partial charge in [0.05, 0.1) is 6.42 Å². The highest BCUT2D eigenvalue weighted by Gasteiger charge is 2.38. The molecular formula is C13H16O3. The fourth-order valence-electron chi connectivity index (χ4n) is 2.53. The third-order valence-electron chi connectivity index (χ3n) is 3.43. The second kappa shape index (κ2) is 3.91. The Morgan fingerprint density at radius 3 is 2.88 bits per heavy atom. The van der Waals surface area contributed by atoms with Crippen LogP contribution in [0.4, 0.5) is 0 Å². The minimum atomic E-state index is -1.19. The van der Waals surface area contributed by atoms with Gasteiger partial charge in [0.15, 0.2) is 0 Å². The molecule has 0 radical (unpaired) electrons. The van der Waals surface area contributed by atoms with Gasteiger partial charge in [0.2, 0.25) is 0 Å². The van der Waals surface area contributed by atoms with Crippen LogP contribution in [0, 0.1) is 0 Å². The highest BCUT2D eigenvalue weighted by molar-refractivity contribution is 5.69. The molecule has 2 atom stereocenters. The van der Waals surface area contributed by atoms with E-state index in [-0.39, 0.29) is 6.42 Å². The molecule has 86 valence electrons. The summed E-state index contributed by atoms with van der Waals surface area (Å²) in [6.45, 7) is 2.11. The molecule has 0 saturated carbocycles. The van der Waals surface area contributed by atoms with Gasteiger partial charge in [0.1, 0.15) is 5.60 Å². The molecule has 16 heavy (non-hydrogen) atoms. The lowest BCUT2D eigenvalue weighted by atomic mass is 9.73. The number of hydrogen-bond donors (Lipinski definition) is 2. The summed E-state index contributed by atoms with van der Waals surface area (Å²) in [7, 11) is 0. The van der Waals surface area contributed by atoms with E-state index < -0.39 is 11.6 Å². The quantitative estimate of drug-likeness (QED) is 0.803. The molecule has 1 aromatic rings. The molecule has 2 unspecified atom stereocenters. The summed E-state index contributed by atoms with van der Waals surface area (Å²) in [5.74, 6) is -0.558. The van der Waals surface area contributed by atoms with Crippen molar-refractivity contribution < 1.29 is 15.0 Å². The number of benzene rings is 1. The van der Waals surface area contributed by atoms with Crippen LogP contribution >= 0.6 is 0 Å². The van der Waals surface area contributed by atoms with Crippen molar-refractivity contribution in [3.8, 4) is 0 Å². The highest BCUT2D eigenvalue weighted by atomic mass is 16.4. The van der Waals surface area contributed by atoms with Gasteiger partial charge >= 0.3 is 5.97 Å². The molecule has 0 amide bonds. The van der Waals surface area contributed by atoms with Crippen molar-refractivity contribution in [3.05, 3.63) is 35.4 Å². The minimum Gasteiger partial charge on any atom is -0.481 e. The SMILES string of the molecule is CC1CCC(O)(CC(=O)O)c2ccccc21. The Hall–Kier alpha value is -1.35. The van der Waals surface area contributed by atoms with E-state index in [1.165, 1.54) is 0 Å². The van der Waals surface area contributed by atoms with Gasteiger partial charge in [-0.2, -0.15) is 0 Å². The molecular weight excluding hydrogens is 204 g/mol. The van der Waals surface area contributed by atoms with Crippen LogP contribution < -0.4 is 0 Å². The Kier molecular flexibility index (Phi) is 2.72. The Labute approximate surface area is 94.7 Å². The number of rotatable bonds is 2. The topological polar surface area (TPSA) is 57.5 Å². The zero-order valence-corrected chi connectivity index (χ0v) is 9.31. The molecule has 0 aliphatic heterocycles. The Bertz CT molecular complexity index is 413. The lowest BCUT2D eigenvalue weighted by Gasteiger charge is -2.36. The zero-order valence-electron chi connectivity index (χ0n) is 9.31. The molecule has 0 fully saturated rings. The van der Waals surface area contributed by atoms with Gasteiger partial charge in [-0.1, -0.05) is 31.2 Å². The number of hydrogen-bond acceptors (Lipinski definition) is 2. The first-order chi connectivity index (χ1) is 7.53. The molecule has 3 heteroatoms. The fraction of sp³-hybridized carbons (Fsp3) is 0.462. The van der Waals surface area contributed by atoms with Gasteiger partial charge in [-0.25, -0.2) is 0 Å². The van der Waals surface area contributed by atoms with Crippen LogP contribution in [0.25, 0.3) is 0 Å². The molecule has 1 aromatic carbocycles. The normalized spacial score (nSPS) is 28.5. The summed E-state index contributed by atoms with van der Waals surface area (Å²) in [5.41, 5.74) is 0.684. The van der Waals surface area contributed by atoms with Gasteiger partial charge in [-0.3, -0.25) is 4.79 Å². The average molecular weight is 220 g/mol. The first kappa shape index (κ1) is 11.1. The Morgan fingerprint density at radius 2 is 2.19 bits per heavy atom. The van der Waals surface area contributed by atoms with Crippen molar-refractivity contribution in [2.75, 3.05) is 0 Å². The second-order valence-corrected chi connectivity index (χ2v) is 4.63. The number of aliphatic hydroxyl groups is 1. The summed E-state index contributed by atoms with van der Waals surface area (Å²) in [5, 5.41) is 19.3. The molecule has 0 saturated heterocycles. The first-order valence-electron chi connectivity index (χ1n) is 5.56. The number of fused-ring (bicyclic) bond motifs is 1. The monoisotopic (exact) mass is 220 g/mol. The first-order valence-corrected chi connectivity index (χ1v) is 5.56. The molecule has 2 rings (SSSR count). The van der Waals surface area contributed by atoms with Gasteiger partial charge in [-0.05, 0) is 29.9 Å². The average Bonchev–Trinajstić information content (AvgIpc) is 2.24. The molecule has 2 N–H and O–H groups in total. The molecule has 3 nitrogen and oxygen atoms in total. The number of aliphatic carboxylic acids is 1. The third-order valence-corrected chi connectivity index (χ3v) is 3.43. The van der Waals surface area contributed by atoms with Crippen molar-refractivity contribution in [2.45, 2.75) is 37.7 Å². The van der Waals surface area contributed by atoms with E-state index in [2.05, 4.69) is 6.92 Å². The number of carbonyl (C=O) groups is 1. The Balaban J connectivity index is 2.45. The van der Waals surface area contributed by atoms with Crippen LogP contribution in [0.1, 0.15) is 43.2 Å². The lowest BCUT2D eigenvalue weighted by Crippen LogP contribution is -2.34. The van der Waals surface area contributed by atoms with Crippen LogP contribution in [-0.2, 0) is 10.4 Å². The third kappa shape index (κ3) is 1.83. The van der Waals surface area contributed by atoms with E-state index in [1.807, 2.05) is 24.3 Å². The Morgan fingerprint density at radius 1 is 1.50 bits per heavy atom. The van der Waals surface area contributed by atoms with Crippen LogP contribution in [0.3, 0.4) is 0 Å². The molecule has 0 heterocycles. The van der Waals surface area contributed by atoms with Crippen molar-refractivity contribution in [3.63, 3.8) is 0 Å². The van der Waals surface area contributed by atoms with E-state index in [0.29, 0.717) is 12.3 Å². The molecule has 0 bridgehead atoms. The summed E-state index contributed by atoms with van der Waals surface area (Å²) in [6.07, 6.45) is 1.15. The largest absolute Gasteiger partial charge is 0.481 e. The van der Waals surface area contributed by atoms with Crippen molar-refractivity contribution in [1.82, 2.24) is 0 Å². The van der Waals surface area contributed by atoms with E-state index in [1.54, 1.807) is 0 Å². The van der Waals surface area contributed by atoms with Crippen LogP contribution in [0.2, 0.25) is 0 Å². The van der Waals surface area contributed by atoms with Crippen molar-refractivity contribution in [1.29, 1.82) is 0 Å². The smallest absolute Gasteiger partial charge is 0.306 e. The standard InChI is InChI=1S/C13H16O3/c1-9-6-7-13(16,8-12(14)15)11-5-3-2-4-10(9)11/h2-5,9,16H,6-8H2,1H3,(H,14,15). The van der Waals surface area contributed by atoms with E-state index in [0.717, 1.165) is 17.5 Å². The predicted molar refractivity (Wildman–Crippen MR) is 60.2 cm³/mol.